The van der Waals surface area contributed by atoms with Crippen LogP contribution < -0.4 is 4.74 Å². The highest BCUT2D eigenvalue weighted by molar-refractivity contribution is 5.74. The molecule has 0 bridgehead atoms. The minimum atomic E-state index is -0.0109. The van der Waals surface area contributed by atoms with E-state index in [1.54, 1.807) is 7.11 Å². The standard InChI is InChI=1S/C23H31NO/c1-22(2,3)16-10-13-20(25-7)18(14-16)17-11-12-19(15-8-9-15)24-21(17)23(4,5)6/h10-15H,8-9H2,1-7H3. The lowest BCUT2D eigenvalue weighted by atomic mass is 9.82. The van der Waals surface area contributed by atoms with Crippen LogP contribution in [0.1, 0.15) is 77.3 Å². The quantitative estimate of drug-likeness (QED) is 0.662. The van der Waals surface area contributed by atoms with Crippen molar-refractivity contribution in [2.75, 3.05) is 7.11 Å². The first-order valence-corrected chi connectivity index (χ1v) is 9.31. The van der Waals surface area contributed by atoms with Gasteiger partial charge >= 0.3 is 0 Å². The van der Waals surface area contributed by atoms with Crippen molar-refractivity contribution in [2.45, 2.75) is 71.1 Å². The van der Waals surface area contributed by atoms with Gasteiger partial charge in [0.15, 0.2) is 0 Å². The Kier molecular flexibility index (Phi) is 4.43. The molecule has 3 rings (SSSR count). The lowest BCUT2D eigenvalue weighted by molar-refractivity contribution is 0.415. The van der Waals surface area contributed by atoms with E-state index in [2.05, 4.69) is 71.9 Å². The van der Waals surface area contributed by atoms with E-state index >= 15 is 0 Å². The van der Waals surface area contributed by atoms with Gasteiger partial charge in [0.25, 0.3) is 0 Å². The van der Waals surface area contributed by atoms with Crippen molar-refractivity contribution in [1.82, 2.24) is 4.98 Å². The molecular formula is C23H31NO. The minimum Gasteiger partial charge on any atom is -0.496 e. The molecule has 1 saturated carbocycles. The monoisotopic (exact) mass is 337 g/mol. The third-order valence-electron chi connectivity index (χ3n) is 4.98. The fraction of sp³-hybridized carbons (Fsp3) is 0.522. The van der Waals surface area contributed by atoms with Crippen LogP contribution in [0.4, 0.5) is 0 Å². The van der Waals surface area contributed by atoms with Crippen molar-refractivity contribution in [3.05, 3.63) is 47.3 Å². The molecule has 1 aliphatic rings. The van der Waals surface area contributed by atoms with Crippen molar-refractivity contribution in [3.8, 4) is 16.9 Å². The van der Waals surface area contributed by atoms with Crippen LogP contribution in [0.25, 0.3) is 11.1 Å². The summed E-state index contributed by atoms with van der Waals surface area (Å²) in [5.41, 5.74) is 6.16. The summed E-state index contributed by atoms with van der Waals surface area (Å²) in [5.74, 6) is 1.58. The van der Waals surface area contributed by atoms with Crippen LogP contribution in [0, 0.1) is 0 Å². The van der Waals surface area contributed by atoms with E-state index in [1.165, 1.54) is 35.4 Å². The molecule has 1 aromatic heterocycles. The molecule has 0 aliphatic heterocycles. The van der Waals surface area contributed by atoms with Crippen molar-refractivity contribution >= 4 is 0 Å². The third-order valence-corrected chi connectivity index (χ3v) is 4.98. The van der Waals surface area contributed by atoms with Gasteiger partial charge in [-0.25, -0.2) is 0 Å². The summed E-state index contributed by atoms with van der Waals surface area (Å²) in [6.45, 7) is 13.5. The van der Waals surface area contributed by atoms with Crippen LogP contribution in [0.3, 0.4) is 0 Å². The van der Waals surface area contributed by atoms with E-state index in [0.717, 1.165) is 11.3 Å². The van der Waals surface area contributed by atoms with Gasteiger partial charge in [0.2, 0.25) is 0 Å². The molecule has 2 heteroatoms. The van der Waals surface area contributed by atoms with Crippen molar-refractivity contribution in [1.29, 1.82) is 0 Å². The third kappa shape index (κ3) is 3.73. The summed E-state index contributed by atoms with van der Waals surface area (Å²) in [7, 11) is 1.75. The first-order valence-electron chi connectivity index (χ1n) is 9.31. The highest BCUT2D eigenvalue weighted by Crippen LogP contribution is 2.43. The summed E-state index contributed by atoms with van der Waals surface area (Å²) in [6, 6.07) is 11.0. The second-order valence-electron chi connectivity index (χ2n) is 9.32. The Labute approximate surface area is 152 Å². The molecule has 0 saturated heterocycles. The Morgan fingerprint density at radius 1 is 0.880 bits per heavy atom. The zero-order valence-electron chi connectivity index (χ0n) is 16.7. The number of hydrogen-bond acceptors (Lipinski definition) is 2. The van der Waals surface area contributed by atoms with Gasteiger partial charge < -0.3 is 4.74 Å². The first kappa shape index (κ1) is 18.0. The molecule has 0 N–H and O–H groups in total. The van der Waals surface area contributed by atoms with E-state index < -0.39 is 0 Å². The highest BCUT2D eigenvalue weighted by Gasteiger charge is 2.29. The number of pyridine rings is 1. The van der Waals surface area contributed by atoms with E-state index in [0.29, 0.717) is 5.92 Å². The van der Waals surface area contributed by atoms with Gasteiger partial charge in [-0.2, -0.15) is 0 Å². The SMILES string of the molecule is COc1ccc(C(C)(C)C)cc1-c1ccc(C2CC2)nc1C(C)(C)C. The van der Waals surface area contributed by atoms with Crippen molar-refractivity contribution in [2.24, 2.45) is 0 Å². The molecule has 2 aromatic rings. The van der Waals surface area contributed by atoms with Crippen LogP contribution in [0.2, 0.25) is 0 Å². The van der Waals surface area contributed by atoms with Crippen LogP contribution in [-0.2, 0) is 10.8 Å². The van der Waals surface area contributed by atoms with Crippen LogP contribution in [0.5, 0.6) is 5.75 Å². The van der Waals surface area contributed by atoms with E-state index in [9.17, 15) is 0 Å². The van der Waals surface area contributed by atoms with E-state index in [4.69, 9.17) is 9.72 Å². The van der Waals surface area contributed by atoms with E-state index in [-0.39, 0.29) is 10.8 Å². The number of methoxy groups -OCH3 is 1. The first-order chi connectivity index (χ1) is 11.6. The zero-order valence-corrected chi connectivity index (χ0v) is 16.7. The van der Waals surface area contributed by atoms with Crippen LogP contribution in [0.15, 0.2) is 30.3 Å². The van der Waals surface area contributed by atoms with Gasteiger partial charge in [0.05, 0.1) is 12.8 Å². The van der Waals surface area contributed by atoms with Crippen LogP contribution in [-0.4, -0.2) is 12.1 Å². The number of ether oxygens (including phenoxy) is 1. The molecule has 1 fully saturated rings. The predicted molar refractivity (Wildman–Crippen MR) is 106 cm³/mol. The Balaban J connectivity index is 2.21. The summed E-state index contributed by atoms with van der Waals surface area (Å²) in [6.07, 6.45) is 2.55. The number of rotatable bonds is 3. The molecule has 0 atom stereocenters. The molecule has 0 amide bonds. The number of benzene rings is 1. The molecular weight excluding hydrogens is 306 g/mol. The molecule has 1 aromatic carbocycles. The fourth-order valence-corrected chi connectivity index (χ4v) is 3.25. The topological polar surface area (TPSA) is 22.1 Å². The van der Waals surface area contributed by atoms with Crippen LogP contribution >= 0.6 is 0 Å². The van der Waals surface area contributed by atoms with Gasteiger partial charge in [-0.15, -0.1) is 0 Å². The maximum Gasteiger partial charge on any atom is 0.126 e. The summed E-state index contributed by atoms with van der Waals surface area (Å²) in [5, 5.41) is 0. The highest BCUT2D eigenvalue weighted by atomic mass is 16.5. The zero-order chi connectivity index (χ0) is 18.4. The second-order valence-corrected chi connectivity index (χ2v) is 9.32. The van der Waals surface area contributed by atoms with Gasteiger partial charge in [0.1, 0.15) is 5.75 Å². The molecule has 1 heterocycles. The molecule has 2 nitrogen and oxygen atoms in total. The second kappa shape index (κ2) is 6.16. The minimum absolute atomic E-state index is 0.0109. The number of hydrogen-bond donors (Lipinski definition) is 0. The lowest BCUT2D eigenvalue weighted by Gasteiger charge is -2.25. The van der Waals surface area contributed by atoms with Gasteiger partial charge in [-0.1, -0.05) is 53.7 Å². The predicted octanol–water partition coefficient (Wildman–Crippen LogP) is 6.23. The average Bonchev–Trinajstić information content (AvgIpc) is 3.37. The molecule has 25 heavy (non-hydrogen) atoms. The molecule has 0 unspecified atom stereocenters. The summed E-state index contributed by atoms with van der Waals surface area (Å²) >= 11 is 0. The molecule has 0 spiro atoms. The number of aromatic nitrogens is 1. The number of nitrogens with zero attached hydrogens (tertiary/aromatic N) is 1. The van der Waals surface area contributed by atoms with Crippen molar-refractivity contribution < 1.29 is 4.74 Å². The lowest BCUT2D eigenvalue weighted by Crippen LogP contribution is -2.17. The Morgan fingerprint density at radius 2 is 1.56 bits per heavy atom. The largest absolute Gasteiger partial charge is 0.496 e. The maximum atomic E-state index is 5.70. The Morgan fingerprint density at radius 3 is 2.08 bits per heavy atom. The summed E-state index contributed by atoms with van der Waals surface area (Å²) < 4.78 is 5.70. The smallest absolute Gasteiger partial charge is 0.126 e. The van der Waals surface area contributed by atoms with Gasteiger partial charge in [-0.05, 0) is 42.0 Å². The Hall–Kier alpha value is -1.83. The maximum absolute atomic E-state index is 5.70. The van der Waals surface area contributed by atoms with E-state index in [1.807, 2.05) is 0 Å². The van der Waals surface area contributed by atoms with Gasteiger partial charge in [0, 0.05) is 28.2 Å². The Bertz CT molecular complexity index is 774. The molecule has 134 valence electrons. The molecule has 1 aliphatic carbocycles. The fourth-order valence-electron chi connectivity index (χ4n) is 3.25. The molecule has 0 radical (unpaired) electrons. The average molecular weight is 338 g/mol. The summed E-state index contributed by atoms with van der Waals surface area (Å²) in [4.78, 5) is 5.09. The van der Waals surface area contributed by atoms with Crippen molar-refractivity contribution in [3.63, 3.8) is 0 Å². The normalized spacial score (nSPS) is 15.3. The van der Waals surface area contributed by atoms with Gasteiger partial charge in [-0.3, -0.25) is 4.98 Å².